The van der Waals surface area contributed by atoms with Crippen LogP contribution in [0.3, 0.4) is 0 Å². The molecule has 0 bridgehead atoms. The summed E-state index contributed by atoms with van der Waals surface area (Å²) < 4.78 is 10.5. The summed E-state index contributed by atoms with van der Waals surface area (Å²) in [5.41, 5.74) is 12.0. The Morgan fingerprint density at radius 2 is 1.17 bits per heavy atom. The van der Waals surface area contributed by atoms with Gasteiger partial charge in [0.1, 0.15) is 5.75 Å². The molecule has 10 nitrogen and oxygen atoms in total. The molecule has 2 N–H and O–H groups in total. The van der Waals surface area contributed by atoms with Crippen LogP contribution in [0.5, 0.6) is 11.5 Å². The molecule has 0 radical (unpaired) electrons. The van der Waals surface area contributed by atoms with Crippen LogP contribution in [0.15, 0.2) is 24.3 Å². The zero-order valence-corrected chi connectivity index (χ0v) is 28.6. The topological polar surface area (TPSA) is 101 Å². The summed E-state index contributed by atoms with van der Waals surface area (Å²) in [5.74, 6) is 1.19. The van der Waals surface area contributed by atoms with E-state index < -0.39 is 0 Å². The molecule has 2 saturated heterocycles. The minimum absolute atomic E-state index is 0.0795. The zero-order valence-electron chi connectivity index (χ0n) is 28.6. The molecule has 0 aromatic heterocycles. The van der Waals surface area contributed by atoms with Crippen molar-refractivity contribution in [3.05, 3.63) is 56.6 Å². The highest BCUT2D eigenvalue weighted by Gasteiger charge is 2.30. The maximum Gasteiger partial charge on any atom is 0.311 e. The van der Waals surface area contributed by atoms with Crippen molar-refractivity contribution in [2.45, 2.75) is 90.4 Å². The molecular weight excluding hydrogens is 580 g/mol. The minimum Gasteiger partial charge on any atom is -0.495 e. The summed E-state index contributed by atoms with van der Waals surface area (Å²) in [4.78, 5) is 21.2. The van der Waals surface area contributed by atoms with E-state index in [0.717, 1.165) is 55.5 Å². The highest BCUT2D eigenvalue weighted by Crippen LogP contribution is 2.35. The number of fused-ring (bicyclic) bond motifs is 2. The first-order valence-corrected chi connectivity index (χ1v) is 17.6. The monoisotopic (exact) mass is 636 g/mol. The lowest BCUT2D eigenvalue weighted by Crippen LogP contribution is -2.46. The number of nitro benzene ring substituents is 1. The van der Waals surface area contributed by atoms with E-state index in [1.54, 1.807) is 13.2 Å². The number of benzene rings is 2. The van der Waals surface area contributed by atoms with Crippen LogP contribution in [0.1, 0.15) is 74.6 Å². The minimum atomic E-state index is -0.346. The second-order valence-electron chi connectivity index (χ2n) is 13.5. The number of ether oxygens (including phenoxy) is 2. The number of hydrogen-bond donors (Lipinski definition) is 1. The van der Waals surface area contributed by atoms with Gasteiger partial charge in [0.25, 0.3) is 0 Å². The van der Waals surface area contributed by atoms with E-state index in [1.807, 2.05) is 6.07 Å². The van der Waals surface area contributed by atoms with E-state index in [1.165, 1.54) is 108 Å². The molecule has 0 aliphatic carbocycles. The van der Waals surface area contributed by atoms with Crippen LogP contribution in [0, 0.1) is 10.1 Å². The average molecular weight is 637 g/mol. The predicted molar refractivity (Wildman–Crippen MR) is 185 cm³/mol. The third kappa shape index (κ3) is 8.32. The smallest absolute Gasteiger partial charge is 0.311 e. The van der Waals surface area contributed by atoms with Crippen LogP contribution in [-0.2, 0) is 25.9 Å². The van der Waals surface area contributed by atoms with Gasteiger partial charge in [-0.25, -0.2) is 0 Å². The average Bonchev–Trinajstić information content (AvgIpc) is 3.08. The number of piperidine rings is 2. The largest absolute Gasteiger partial charge is 0.495 e. The van der Waals surface area contributed by atoms with E-state index >= 15 is 0 Å². The maximum atomic E-state index is 11.3. The molecule has 0 unspecified atom stereocenters. The van der Waals surface area contributed by atoms with E-state index in [4.69, 9.17) is 15.2 Å². The fraction of sp³-hybridized carbons (Fsp3) is 0.667. The van der Waals surface area contributed by atoms with Gasteiger partial charge in [-0.15, -0.1) is 0 Å². The molecule has 0 atom stereocenters. The number of anilines is 1. The number of hydrogen-bond acceptors (Lipinski definition) is 9. The molecule has 2 aromatic carbocycles. The van der Waals surface area contributed by atoms with Gasteiger partial charge in [-0.05, 0) is 131 Å². The summed E-state index contributed by atoms with van der Waals surface area (Å²) in [6, 6.07) is 9.16. The van der Waals surface area contributed by atoms with Crippen LogP contribution in [0.25, 0.3) is 0 Å². The third-order valence-corrected chi connectivity index (χ3v) is 10.6. The van der Waals surface area contributed by atoms with Crippen LogP contribution in [0.4, 0.5) is 11.4 Å². The summed E-state index contributed by atoms with van der Waals surface area (Å²) in [5, 5.41) is 11.3. The molecular formula is C36H56N6O4. The van der Waals surface area contributed by atoms with Crippen LogP contribution < -0.4 is 15.2 Å². The van der Waals surface area contributed by atoms with Crippen LogP contribution >= 0.6 is 0 Å². The number of methoxy groups -OCH3 is 2. The molecule has 2 aromatic rings. The fourth-order valence-electron chi connectivity index (χ4n) is 7.98. The molecule has 6 rings (SSSR count). The van der Waals surface area contributed by atoms with Gasteiger partial charge < -0.3 is 25.0 Å². The normalized spacial score (nSPS) is 20.3. The molecule has 4 aliphatic heterocycles. The molecule has 4 heterocycles. The molecule has 0 saturated carbocycles. The second-order valence-corrected chi connectivity index (χ2v) is 13.5. The molecule has 4 aliphatic rings. The summed E-state index contributed by atoms with van der Waals surface area (Å²) in [7, 11) is 3.19. The van der Waals surface area contributed by atoms with Gasteiger partial charge in [0.05, 0.1) is 24.8 Å². The first-order chi connectivity index (χ1) is 22.3. The lowest BCUT2D eigenvalue weighted by atomic mass is 9.94. The van der Waals surface area contributed by atoms with Gasteiger partial charge in [-0.3, -0.25) is 19.9 Å². The van der Waals surface area contributed by atoms with Crippen molar-refractivity contribution in [3.8, 4) is 11.5 Å². The maximum absolute atomic E-state index is 11.3. The molecule has 2 fully saturated rings. The second kappa shape index (κ2) is 16.3. The van der Waals surface area contributed by atoms with E-state index in [2.05, 4.69) is 45.6 Å². The Morgan fingerprint density at radius 3 is 1.61 bits per heavy atom. The van der Waals surface area contributed by atoms with Gasteiger partial charge in [0.15, 0.2) is 5.75 Å². The number of nitro groups is 1. The van der Waals surface area contributed by atoms with Gasteiger partial charge in [-0.2, -0.15) is 0 Å². The van der Waals surface area contributed by atoms with Crippen molar-refractivity contribution in [1.82, 2.24) is 19.6 Å². The molecule has 10 heteroatoms. The Labute approximate surface area is 275 Å². The van der Waals surface area contributed by atoms with Crippen LogP contribution in [-0.4, -0.2) is 103 Å². The highest BCUT2D eigenvalue weighted by molar-refractivity contribution is 5.57. The SMILES string of the molecule is CCCN1CCC(N2CCc3cc(OC)c(N)cc3C2)CC1.CCCN1CCC(N2CCc3cc(OC)c([N+](=O)[O-])cc3C2)CC1. The summed E-state index contributed by atoms with van der Waals surface area (Å²) in [6.45, 7) is 15.9. The Bertz CT molecular complexity index is 1310. The number of nitrogens with two attached hydrogens (primary N) is 1. The van der Waals surface area contributed by atoms with E-state index in [0.29, 0.717) is 11.8 Å². The Kier molecular flexibility index (Phi) is 12.2. The number of rotatable bonds is 9. The van der Waals surface area contributed by atoms with Gasteiger partial charge in [0, 0.05) is 44.3 Å². The summed E-state index contributed by atoms with van der Waals surface area (Å²) >= 11 is 0. The number of likely N-dealkylation sites (tertiary alicyclic amines) is 2. The Morgan fingerprint density at radius 1 is 0.717 bits per heavy atom. The Balaban J connectivity index is 0.000000182. The van der Waals surface area contributed by atoms with Gasteiger partial charge in [0.2, 0.25) is 0 Å². The molecule has 254 valence electrons. The number of nitrogen functional groups attached to an aromatic ring is 1. The third-order valence-electron chi connectivity index (χ3n) is 10.6. The van der Waals surface area contributed by atoms with Crippen molar-refractivity contribution < 1.29 is 14.4 Å². The van der Waals surface area contributed by atoms with E-state index in [9.17, 15) is 10.1 Å². The van der Waals surface area contributed by atoms with Crippen molar-refractivity contribution in [2.75, 3.05) is 72.3 Å². The highest BCUT2D eigenvalue weighted by atomic mass is 16.6. The number of nitrogens with zero attached hydrogens (tertiary/aromatic N) is 5. The first-order valence-electron chi connectivity index (χ1n) is 17.6. The summed E-state index contributed by atoms with van der Waals surface area (Å²) in [6.07, 6.45) is 9.55. The molecule has 0 spiro atoms. The van der Waals surface area contributed by atoms with Crippen molar-refractivity contribution in [3.63, 3.8) is 0 Å². The van der Waals surface area contributed by atoms with Gasteiger partial charge in [-0.1, -0.05) is 13.8 Å². The van der Waals surface area contributed by atoms with Crippen molar-refractivity contribution >= 4 is 11.4 Å². The Hall–Kier alpha value is -2.92. The quantitative estimate of drug-likeness (QED) is 0.222. The lowest BCUT2D eigenvalue weighted by Gasteiger charge is -2.40. The molecule has 46 heavy (non-hydrogen) atoms. The zero-order chi connectivity index (χ0) is 32.6. The van der Waals surface area contributed by atoms with E-state index in [-0.39, 0.29) is 10.6 Å². The van der Waals surface area contributed by atoms with Crippen LogP contribution in [0.2, 0.25) is 0 Å². The van der Waals surface area contributed by atoms with Crippen molar-refractivity contribution in [2.24, 2.45) is 0 Å². The van der Waals surface area contributed by atoms with Gasteiger partial charge >= 0.3 is 5.69 Å². The van der Waals surface area contributed by atoms with Crippen molar-refractivity contribution in [1.29, 1.82) is 0 Å². The standard InChI is InChI=1S/C18H27N3O3.C18H29N3O/c1-3-7-19-8-5-16(6-9-19)20-10-4-14-12-18(24-2)17(21(22)23)11-15(14)13-20;1-3-7-20-8-5-16(6-9-20)21-10-4-14-12-18(22-2)17(19)11-15(14)13-21/h11-12,16H,3-10,13H2,1-2H3;11-12,16H,3-10,13,19H2,1-2H3. The molecule has 0 amide bonds. The fourth-order valence-corrected chi connectivity index (χ4v) is 7.98. The first kappa shape index (κ1) is 34.4. The predicted octanol–water partition coefficient (Wildman–Crippen LogP) is 5.35. The lowest BCUT2D eigenvalue weighted by molar-refractivity contribution is -0.385.